The topological polar surface area (TPSA) is 72.3 Å². The molecular formula is C12H21N5O2. The molecule has 19 heavy (non-hydrogen) atoms. The zero-order valence-corrected chi connectivity index (χ0v) is 11.5. The first-order chi connectivity index (χ1) is 9.18. The third-order valence-corrected chi connectivity index (χ3v) is 3.30. The first-order valence-corrected chi connectivity index (χ1v) is 6.61. The number of rotatable bonds is 5. The van der Waals surface area contributed by atoms with E-state index < -0.39 is 0 Å². The van der Waals surface area contributed by atoms with Crippen LogP contribution in [-0.2, 0) is 23.0 Å². The van der Waals surface area contributed by atoms with Gasteiger partial charge in [-0.25, -0.2) is 0 Å². The Morgan fingerprint density at radius 3 is 2.89 bits per heavy atom. The van der Waals surface area contributed by atoms with Crippen LogP contribution in [0.2, 0.25) is 0 Å². The van der Waals surface area contributed by atoms with Gasteiger partial charge in [0.15, 0.2) is 0 Å². The summed E-state index contributed by atoms with van der Waals surface area (Å²) in [5, 5.41) is 11.1. The highest BCUT2D eigenvalue weighted by atomic mass is 16.5. The molecule has 1 atom stereocenters. The van der Waals surface area contributed by atoms with E-state index in [-0.39, 0.29) is 11.9 Å². The van der Waals surface area contributed by atoms with E-state index in [1.165, 1.54) is 0 Å². The molecule has 7 heteroatoms. The van der Waals surface area contributed by atoms with Gasteiger partial charge in [-0.05, 0) is 6.92 Å². The van der Waals surface area contributed by atoms with Gasteiger partial charge in [0, 0.05) is 33.1 Å². The molecule has 1 N–H and O–H groups in total. The van der Waals surface area contributed by atoms with Gasteiger partial charge in [0.25, 0.3) is 0 Å². The average Bonchev–Trinajstić information content (AvgIpc) is 2.84. The van der Waals surface area contributed by atoms with Crippen LogP contribution in [0.4, 0.5) is 0 Å². The second-order valence-corrected chi connectivity index (χ2v) is 4.72. The highest BCUT2D eigenvalue weighted by Gasteiger charge is 2.21. The Hall–Kier alpha value is -1.47. The second kappa shape index (κ2) is 6.63. The van der Waals surface area contributed by atoms with Crippen LogP contribution in [0.25, 0.3) is 0 Å². The van der Waals surface area contributed by atoms with E-state index in [4.69, 9.17) is 4.74 Å². The van der Waals surface area contributed by atoms with Crippen LogP contribution in [0.5, 0.6) is 0 Å². The molecule has 0 aliphatic carbocycles. The van der Waals surface area contributed by atoms with Crippen molar-refractivity contribution in [3.63, 3.8) is 0 Å². The fourth-order valence-corrected chi connectivity index (χ4v) is 2.08. The molecule has 106 valence electrons. The van der Waals surface area contributed by atoms with Crippen LogP contribution in [0, 0.1) is 0 Å². The largest absolute Gasteiger partial charge is 0.378 e. The van der Waals surface area contributed by atoms with E-state index in [1.54, 1.807) is 6.33 Å². The number of nitrogens with one attached hydrogen (secondary N) is 1. The van der Waals surface area contributed by atoms with Crippen LogP contribution in [0.1, 0.15) is 12.7 Å². The lowest BCUT2D eigenvalue weighted by Gasteiger charge is -2.29. The molecule has 1 amide bonds. The molecule has 1 aliphatic heterocycles. The molecule has 1 fully saturated rings. The molecular weight excluding hydrogens is 246 g/mol. The summed E-state index contributed by atoms with van der Waals surface area (Å²) in [6.07, 6.45) is 2.44. The Balaban J connectivity index is 1.73. The van der Waals surface area contributed by atoms with Gasteiger partial charge in [-0.1, -0.05) is 0 Å². The first kappa shape index (κ1) is 14.0. The third-order valence-electron chi connectivity index (χ3n) is 3.30. The van der Waals surface area contributed by atoms with Gasteiger partial charge in [0.1, 0.15) is 12.2 Å². The SMILES string of the molecule is CC(NCCc1nncn1C)C(=O)N1CCOCC1. The normalized spacial score (nSPS) is 17.5. The minimum Gasteiger partial charge on any atom is -0.378 e. The molecule has 2 heterocycles. The average molecular weight is 267 g/mol. The highest BCUT2D eigenvalue weighted by molar-refractivity contribution is 5.81. The molecule has 7 nitrogen and oxygen atoms in total. The van der Waals surface area contributed by atoms with Crippen molar-refractivity contribution in [2.24, 2.45) is 7.05 Å². The van der Waals surface area contributed by atoms with E-state index >= 15 is 0 Å². The number of carbonyl (C=O) groups excluding carboxylic acids is 1. The van der Waals surface area contributed by atoms with E-state index in [9.17, 15) is 4.79 Å². The van der Waals surface area contributed by atoms with Crippen LogP contribution >= 0.6 is 0 Å². The number of aromatic nitrogens is 3. The van der Waals surface area contributed by atoms with Crippen LogP contribution in [0.15, 0.2) is 6.33 Å². The Morgan fingerprint density at radius 1 is 1.53 bits per heavy atom. The maximum Gasteiger partial charge on any atom is 0.239 e. The van der Waals surface area contributed by atoms with Crippen LogP contribution < -0.4 is 5.32 Å². The molecule has 1 aromatic heterocycles. The zero-order chi connectivity index (χ0) is 13.7. The van der Waals surface area contributed by atoms with Gasteiger partial charge >= 0.3 is 0 Å². The predicted molar refractivity (Wildman–Crippen MR) is 69.6 cm³/mol. The van der Waals surface area contributed by atoms with Crippen molar-refractivity contribution >= 4 is 5.91 Å². The molecule has 0 radical (unpaired) electrons. The molecule has 2 rings (SSSR count). The summed E-state index contributed by atoms with van der Waals surface area (Å²) in [5.41, 5.74) is 0. The van der Waals surface area contributed by atoms with Gasteiger partial charge in [-0.2, -0.15) is 0 Å². The number of aryl methyl sites for hydroxylation is 1. The summed E-state index contributed by atoms with van der Waals surface area (Å²) in [6, 6.07) is -0.175. The van der Waals surface area contributed by atoms with Gasteiger partial charge < -0.3 is 19.5 Å². The molecule has 1 saturated heterocycles. The smallest absolute Gasteiger partial charge is 0.239 e. The predicted octanol–water partition coefficient (Wildman–Crippen LogP) is -0.805. The maximum atomic E-state index is 12.1. The number of hydrogen-bond donors (Lipinski definition) is 1. The third kappa shape index (κ3) is 3.74. The number of nitrogens with zero attached hydrogens (tertiary/aromatic N) is 4. The molecule has 0 aromatic carbocycles. The number of hydrogen-bond acceptors (Lipinski definition) is 5. The monoisotopic (exact) mass is 267 g/mol. The quantitative estimate of drug-likeness (QED) is 0.756. The highest BCUT2D eigenvalue weighted by Crippen LogP contribution is 2.01. The number of carbonyl (C=O) groups is 1. The lowest BCUT2D eigenvalue weighted by molar-refractivity contribution is -0.137. The van der Waals surface area contributed by atoms with Crippen LogP contribution in [0.3, 0.4) is 0 Å². The van der Waals surface area contributed by atoms with Crippen LogP contribution in [-0.4, -0.2) is 64.5 Å². The maximum absolute atomic E-state index is 12.1. The standard InChI is InChI=1S/C12H21N5O2/c1-10(12(18)17-5-7-19-8-6-17)13-4-3-11-15-14-9-16(11)2/h9-10,13H,3-8H2,1-2H3. The van der Waals surface area contributed by atoms with E-state index in [1.807, 2.05) is 23.4 Å². The Labute approximate surface area is 112 Å². The summed E-state index contributed by atoms with van der Waals surface area (Å²) >= 11 is 0. The zero-order valence-electron chi connectivity index (χ0n) is 11.5. The summed E-state index contributed by atoms with van der Waals surface area (Å²) in [7, 11) is 1.91. The minimum atomic E-state index is -0.175. The number of morpholine rings is 1. The van der Waals surface area contributed by atoms with E-state index in [0.717, 1.165) is 12.2 Å². The fourth-order valence-electron chi connectivity index (χ4n) is 2.08. The Morgan fingerprint density at radius 2 is 2.26 bits per heavy atom. The summed E-state index contributed by atoms with van der Waals surface area (Å²) < 4.78 is 7.13. The Bertz CT molecular complexity index is 414. The molecule has 0 bridgehead atoms. The van der Waals surface area contributed by atoms with Crippen molar-refractivity contribution in [2.75, 3.05) is 32.8 Å². The Kier molecular flexibility index (Phi) is 4.86. The van der Waals surface area contributed by atoms with Crippen molar-refractivity contribution in [3.8, 4) is 0 Å². The van der Waals surface area contributed by atoms with Gasteiger partial charge in [-0.3, -0.25) is 4.79 Å². The summed E-state index contributed by atoms with van der Waals surface area (Å²) in [6.45, 7) is 5.26. The van der Waals surface area contributed by atoms with Crippen molar-refractivity contribution in [3.05, 3.63) is 12.2 Å². The molecule has 0 saturated carbocycles. The van der Waals surface area contributed by atoms with E-state index in [2.05, 4.69) is 15.5 Å². The van der Waals surface area contributed by atoms with Crippen molar-refractivity contribution in [2.45, 2.75) is 19.4 Å². The van der Waals surface area contributed by atoms with Gasteiger partial charge in [0.2, 0.25) is 5.91 Å². The van der Waals surface area contributed by atoms with Gasteiger partial charge in [0.05, 0.1) is 19.3 Å². The van der Waals surface area contributed by atoms with Crippen molar-refractivity contribution in [1.82, 2.24) is 25.0 Å². The lowest BCUT2D eigenvalue weighted by Crippen LogP contribution is -2.49. The summed E-state index contributed by atoms with van der Waals surface area (Å²) in [5.74, 6) is 1.06. The number of amides is 1. The summed E-state index contributed by atoms with van der Waals surface area (Å²) in [4.78, 5) is 14.0. The first-order valence-electron chi connectivity index (χ1n) is 6.61. The van der Waals surface area contributed by atoms with Crippen molar-refractivity contribution in [1.29, 1.82) is 0 Å². The minimum absolute atomic E-state index is 0.140. The lowest BCUT2D eigenvalue weighted by atomic mass is 10.2. The van der Waals surface area contributed by atoms with E-state index in [0.29, 0.717) is 32.8 Å². The van der Waals surface area contributed by atoms with Gasteiger partial charge in [-0.15, -0.1) is 10.2 Å². The number of ether oxygens (including phenoxy) is 1. The second-order valence-electron chi connectivity index (χ2n) is 4.72. The molecule has 1 aromatic rings. The van der Waals surface area contributed by atoms with Crippen molar-refractivity contribution < 1.29 is 9.53 Å². The molecule has 1 aliphatic rings. The fraction of sp³-hybridized carbons (Fsp3) is 0.750. The molecule has 1 unspecified atom stereocenters. The molecule has 0 spiro atoms.